The normalized spacial score (nSPS) is 20.0. The van der Waals surface area contributed by atoms with Crippen LogP contribution in [0.3, 0.4) is 0 Å². The number of benzene rings is 2. The smallest absolute Gasteiger partial charge is 0.229 e. The van der Waals surface area contributed by atoms with Gasteiger partial charge in [0, 0.05) is 101 Å². The molecule has 1 atom stereocenters. The molecule has 51 heavy (non-hydrogen) atoms. The fourth-order valence-corrected chi connectivity index (χ4v) is 9.16. The molecule has 2 aromatic carbocycles. The molecule has 1 saturated carbocycles. The van der Waals surface area contributed by atoms with Gasteiger partial charge in [0.15, 0.2) is 7.29 Å². The molecule has 4 aromatic rings. The predicted octanol–water partition coefficient (Wildman–Crippen LogP) is 6.61. The van der Waals surface area contributed by atoms with Gasteiger partial charge in [-0.2, -0.15) is 10.1 Å². The number of nitrogens with zero attached hydrogens (tertiary/aromatic N) is 7. The fourth-order valence-electron chi connectivity index (χ4n) is 7.42. The van der Waals surface area contributed by atoms with Gasteiger partial charge in [-0.25, -0.2) is 4.98 Å². The van der Waals surface area contributed by atoms with Crippen LogP contribution in [0.4, 0.5) is 28.8 Å². The Bertz CT molecular complexity index is 1960. The summed E-state index contributed by atoms with van der Waals surface area (Å²) in [5.41, 5.74) is 6.05. The van der Waals surface area contributed by atoms with Crippen LogP contribution in [-0.4, -0.2) is 95.6 Å². The molecule has 0 amide bonds. The van der Waals surface area contributed by atoms with Gasteiger partial charge in [0.05, 0.1) is 28.1 Å². The van der Waals surface area contributed by atoms with E-state index in [1.165, 1.54) is 0 Å². The summed E-state index contributed by atoms with van der Waals surface area (Å²) in [5.74, 6) is 1.80. The molecule has 1 aliphatic carbocycles. The number of fused-ring (bicyclic) bond motifs is 1. The largest absolute Gasteiger partial charge is 0.488 e. The van der Waals surface area contributed by atoms with Crippen molar-refractivity contribution in [3.8, 4) is 16.9 Å². The molecule has 4 aliphatic rings. The summed E-state index contributed by atoms with van der Waals surface area (Å²) in [6.07, 6.45) is 14.0. The van der Waals surface area contributed by atoms with Crippen molar-refractivity contribution in [1.82, 2.24) is 30.0 Å². The van der Waals surface area contributed by atoms with Crippen molar-refractivity contribution in [3.63, 3.8) is 0 Å². The number of aromatic nitrogens is 4. The number of ether oxygens (including phenoxy) is 1. The number of anilines is 5. The van der Waals surface area contributed by atoms with Gasteiger partial charge < -0.3 is 30.2 Å². The minimum Gasteiger partial charge on any atom is -0.488 e. The zero-order valence-electron chi connectivity index (χ0n) is 29.4. The van der Waals surface area contributed by atoms with Crippen molar-refractivity contribution in [2.75, 3.05) is 72.8 Å². The molecule has 5 heterocycles. The van der Waals surface area contributed by atoms with Crippen LogP contribution in [0.1, 0.15) is 31.2 Å². The Kier molecular flexibility index (Phi) is 9.56. The van der Waals surface area contributed by atoms with E-state index in [0.717, 1.165) is 104 Å². The number of rotatable bonds is 10. The average molecular weight is 774 g/mol. The van der Waals surface area contributed by atoms with Crippen LogP contribution in [-0.2, 0) is 11.6 Å². The van der Waals surface area contributed by atoms with E-state index in [2.05, 4.69) is 76.2 Å². The number of hydrogen-bond donors (Lipinski definition) is 3. The zero-order valence-corrected chi connectivity index (χ0v) is 31.9. The average Bonchev–Trinajstić information content (AvgIpc) is 3.85. The Morgan fingerprint density at radius 3 is 2.51 bits per heavy atom. The molecule has 12 nitrogen and oxygen atoms in total. The second-order valence-electron chi connectivity index (χ2n) is 14.3. The fraction of sp³-hybridized carbons (Fsp3) is 0.432. The van der Waals surface area contributed by atoms with Gasteiger partial charge in [-0.05, 0) is 65.4 Å². The lowest BCUT2D eigenvalue weighted by Gasteiger charge is -2.41. The molecule has 1 unspecified atom stereocenters. The molecule has 0 spiro atoms. The molecule has 268 valence electrons. The zero-order chi connectivity index (χ0) is 35.1. The third kappa shape index (κ3) is 7.53. The van der Waals surface area contributed by atoms with Crippen LogP contribution in [0.5, 0.6) is 5.75 Å². The monoisotopic (exact) mass is 772 g/mol. The second-order valence-corrected chi connectivity index (χ2v) is 18.1. The Balaban J connectivity index is 1.10. The van der Waals surface area contributed by atoms with Crippen LogP contribution in [0.15, 0.2) is 65.5 Å². The molecule has 8 rings (SSSR count). The van der Waals surface area contributed by atoms with Gasteiger partial charge in [0.2, 0.25) is 5.95 Å². The van der Waals surface area contributed by atoms with Crippen LogP contribution < -0.4 is 30.3 Å². The standard InChI is InChI=1S/C37H46BrN10O2P/c1-45-24-26(22-41-45)29-20-31(34(50-28-9-10-28)21-33(29)47-16-12-27(13-17-47)46-18-14-39-15-19-46)42-37-40-23-30(38)36(44-37)43-35-11-8-25-6-4-5-7-32(25)48(35)51(2,3)49/h4-8,11,20-24,27-28,35,39H,9-10,12-19H2,1-3H3,(H2,40,42,43,44). The van der Waals surface area contributed by atoms with Crippen molar-refractivity contribution < 1.29 is 9.30 Å². The van der Waals surface area contributed by atoms with Gasteiger partial charge in [0.25, 0.3) is 0 Å². The van der Waals surface area contributed by atoms with Crippen LogP contribution >= 0.6 is 23.2 Å². The number of nitrogens with one attached hydrogen (secondary N) is 3. The lowest BCUT2D eigenvalue weighted by Crippen LogP contribution is -2.52. The van der Waals surface area contributed by atoms with E-state index >= 15 is 0 Å². The highest BCUT2D eigenvalue weighted by Gasteiger charge is 2.33. The van der Waals surface area contributed by atoms with Crippen molar-refractivity contribution in [1.29, 1.82) is 0 Å². The molecule has 3 fully saturated rings. The lowest BCUT2D eigenvalue weighted by atomic mass is 9.98. The summed E-state index contributed by atoms with van der Waals surface area (Å²) in [4.78, 5) is 14.8. The maximum absolute atomic E-state index is 13.6. The van der Waals surface area contributed by atoms with E-state index in [4.69, 9.17) is 9.72 Å². The minimum absolute atomic E-state index is 0.204. The Morgan fingerprint density at radius 2 is 1.78 bits per heavy atom. The number of aryl methyl sites for hydroxylation is 1. The topological polar surface area (TPSA) is 116 Å². The van der Waals surface area contributed by atoms with Crippen molar-refractivity contribution in [2.24, 2.45) is 7.05 Å². The molecular formula is C37H46BrN10O2P. The molecule has 3 N–H and O–H groups in total. The Labute approximate surface area is 308 Å². The lowest BCUT2D eigenvalue weighted by molar-refractivity contribution is 0.150. The first kappa shape index (κ1) is 34.2. The number of piperazine rings is 1. The van der Waals surface area contributed by atoms with Gasteiger partial charge >= 0.3 is 0 Å². The maximum Gasteiger partial charge on any atom is 0.229 e. The van der Waals surface area contributed by atoms with E-state index in [9.17, 15) is 4.57 Å². The Morgan fingerprint density at radius 1 is 1.00 bits per heavy atom. The summed E-state index contributed by atoms with van der Waals surface area (Å²) >= 11 is 3.66. The van der Waals surface area contributed by atoms with E-state index in [1.807, 2.05) is 52.9 Å². The van der Waals surface area contributed by atoms with Crippen molar-refractivity contribution >= 4 is 58.1 Å². The first-order valence-corrected chi connectivity index (χ1v) is 21.3. The first-order valence-electron chi connectivity index (χ1n) is 17.9. The van der Waals surface area contributed by atoms with Crippen LogP contribution in [0, 0.1) is 0 Å². The number of hydrogen-bond acceptors (Lipinski definition) is 10. The number of piperidine rings is 1. The third-order valence-electron chi connectivity index (χ3n) is 10.1. The minimum atomic E-state index is -2.71. The highest BCUT2D eigenvalue weighted by atomic mass is 79.9. The molecule has 0 radical (unpaired) electrons. The van der Waals surface area contributed by atoms with Crippen LogP contribution in [0.2, 0.25) is 0 Å². The number of para-hydroxylation sites is 1. The summed E-state index contributed by atoms with van der Waals surface area (Å²) in [6.45, 7) is 9.96. The van der Waals surface area contributed by atoms with Gasteiger partial charge in [-0.1, -0.05) is 24.3 Å². The summed E-state index contributed by atoms with van der Waals surface area (Å²) in [7, 11) is -0.759. The van der Waals surface area contributed by atoms with Crippen molar-refractivity contribution in [3.05, 3.63) is 71.1 Å². The summed E-state index contributed by atoms with van der Waals surface area (Å²) in [5, 5.41) is 15.1. The van der Waals surface area contributed by atoms with Gasteiger partial charge in [-0.15, -0.1) is 0 Å². The maximum atomic E-state index is 13.6. The predicted molar refractivity (Wildman–Crippen MR) is 210 cm³/mol. The number of halogens is 1. The molecule has 2 saturated heterocycles. The Hall–Kier alpha value is -3.90. The quantitative estimate of drug-likeness (QED) is 0.151. The molecule has 3 aliphatic heterocycles. The van der Waals surface area contributed by atoms with E-state index in [0.29, 0.717) is 22.3 Å². The van der Waals surface area contributed by atoms with Gasteiger partial charge in [-0.3, -0.25) is 14.3 Å². The highest BCUT2D eigenvalue weighted by Crippen LogP contribution is 2.50. The first-order chi connectivity index (χ1) is 24.7. The highest BCUT2D eigenvalue weighted by molar-refractivity contribution is 9.10. The SMILES string of the molecule is Cn1cc(-c2cc(Nc3ncc(Br)c(NC4C=Cc5ccccc5N4P(C)(C)=O)n3)c(OC3CC3)cc2N2CCC(N3CCNCC3)CC2)cn1. The second kappa shape index (κ2) is 14.3. The van der Waals surface area contributed by atoms with Crippen LogP contribution in [0.25, 0.3) is 17.2 Å². The summed E-state index contributed by atoms with van der Waals surface area (Å²) < 4.78 is 24.7. The van der Waals surface area contributed by atoms with E-state index in [-0.39, 0.29) is 12.3 Å². The molecular weight excluding hydrogens is 727 g/mol. The molecule has 2 aromatic heterocycles. The van der Waals surface area contributed by atoms with E-state index in [1.54, 1.807) is 19.5 Å². The van der Waals surface area contributed by atoms with Crippen molar-refractivity contribution in [2.45, 2.75) is 44.0 Å². The third-order valence-corrected chi connectivity index (χ3v) is 12.2. The van der Waals surface area contributed by atoms with Gasteiger partial charge in [0.1, 0.15) is 17.7 Å². The molecule has 14 heteroatoms. The van der Waals surface area contributed by atoms with E-state index < -0.39 is 7.29 Å². The summed E-state index contributed by atoms with van der Waals surface area (Å²) in [6, 6.07) is 13.0. The molecule has 0 bridgehead atoms.